The zero-order valence-electron chi connectivity index (χ0n) is 29.5. The fourth-order valence-electron chi connectivity index (χ4n) is 6.45. The number of carbonyl (C=O) groups is 4. The first-order valence-electron chi connectivity index (χ1n) is 16.8. The summed E-state index contributed by atoms with van der Waals surface area (Å²) in [5.74, 6) is 0.0438. The highest BCUT2D eigenvalue weighted by Gasteiger charge is 2.40. The van der Waals surface area contributed by atoms with Crippen LogP contribution in [0, 0.1) is 11.3 Å². The van der Waals surface area contributed by atoms with E-state index in [0.29, 0.717) is 25.0 Å². The van der Waals surface area contributed by atoms with Crippen molar-refractivity contribution in [2.24, 2.45) is 11.3 Å². The van der Waals surface area contributed by atoms with Crippen LogP contribution in [0.25, 0.3) is 0 Å². The van der Waals surface area contributed by atoms with Crippen LogP contribution in [0.4, 0.5) is 0 Å². The van der Waals surface area contributed by atoms with Gasteiger partial charge < -0.3 is 25.5 Å². The van der Waals surface area contributed by atoms with Crippen LogP contribution in [0.5, 0.6) is 0 Å². The summed E-state index contributed by atoms with van der Waals surface area (Å²) in [4.78, 5) is 60.1. The molecule has 0 bridgehead atoms. The van der Waals surface area contributed by atoms with Gasteiger partial charge in [-0.05, 0) is 82.8 Å². The predicted molar refractivity (Wildman–Crippen MR) is 183 cm³/mol. The number of carbonyl (C=O) groups excluding carboxylic acids is 4. The van der Waals surface area contributed by atoms with Gasteiger partial charge in [-0.1, -0.05) is 47.1 Å². The number of hydrogen-bond donors (Lipinski definition) is 3. The summed E-state index contributed by atoms with van der Waals surface area (Å²) in [6.07, 6.45) is 8.59. The Morgan fingerprint density at radius 1 is 0.978 bits per heavy atom. The first-order chi connectivity index (χ1) is 21.0. The Bertz CT molecular complexity index is 1040. The number of nitrogens with zero attached hydrogens (tertiary/aromatic N) is 3. The minimum Gasteiger partial charge on any atom is -0.394 e. The molecule has 0 spiro atoms. The lowest BCUT2D eigenvalue weighted by molar-refractivity contribution is -0.142. The van der Waals surface area contributed by atoms with Crippen molar-refractivity contribution in [2.45, 2.75) is 130 Å². The SMILES string of the molecule is CSCCC(CO)NC(=O)C1CCCN1C(=O)/C(C)=C/[C@H](C(C)C)N(C)C(=O)C(NC(=O)C1CCCCN1C(C)C)C(C)(C)C. The quantitative estimate of drug-likeness (QED) is 0.246. The summed E-state index contributed by atoms with van der Waals surface area (Å²) in [6, 6.07) is -2.09. The Hall–Kier alpha value is -2.11. The Balaban J connectivity index is 2.24. The van der Waals surface area contributed by atoms with Crippen molar-refractivity contribution in [1.82, 2.24) is 25.3 Å². The van der Waals surface area contributed by atoms with Crippen LogP contribution in [0.2, 0.25) is 0 Å². The van der Waals surface area contributed by atoms with Crippen LogP contribution in [-0.2, 0) is 19.2 Å². The number of aliphatic hydroxyl groups is 1. The molecule has 5 atom stereocenters. The van der Waals surface area contributed by atoms with Gasteiger partial charge in [-0.2, -0.15) is 11.8 Å². The number of thioether (sulfide) groups is 1. The van der Waals surface area contributed by atoms with Crippen LogP contribution in [0.15, 0.2) is 11.6 Å². The van der Waals surface area contributed by atoms with Gasteiger partial charge in [-0.25, -0.2) is 0 Å². The molecule has 2 fully saturated rings. The topological polar surface area (TPSA) is 122 Å². The highest BCUT2D eigenvalue weighted by atomic mass is 32.2. The number of likely N-dealkylation sites (N-methyl/N-ethyl adjacent to an activating group) is 1. The van der Waals surface area contributed by atoms with Crippen molar-refractivity contribution in [3.05, 3.63) is 11.6 Å². The second-order valence-corrected chi connectivity index (χ2v) is 15.5. The van der Waals surface area contributed by atoms with Crippen molar-refractivity contribution in [3.63, 3.8) is 0 Å². The predicted octanol–water partition coefficient (Wildman–Crippen LogP) is 3.43. The number of likely N-dealkylation sites (tertiary alicyclic amines) is 2. The molecule has 45 heavy (non-hydrogen) atoms. The molecule has 0 radical (unpaired) electrons. The molecule has 10 nitrogen and oxygen atoms in total. The van der Waals surface area contributed by atoms with E-state index >= 15 is 0 Å². The number of rotatable bonds is 14. The molecular formula is C34H61N5O5S. The average Bonchev–Trinajstić information content (AvgIpc) is 3.48. The molecule has 2 rings (SSSR count). The fourth-order valence-corrected chi connectivity index (χ4v) is 6.97. The van der Waals surface area contributed by atoms with Crippen LogP contribution in [0.3, 0.4) is 0 Å². The van der Waals surface area contributed by atoms with Crippen molar-refractivity contribution >= 4 is 35.4 Å². The second-order valence-electron chi connectivity index (χ2n) is 14.5. The molecule has 0 aromatic carbocycles. The van der Waals surface area contributed by atoms with E-state index in [4.69, 9.17) is 0 Å². The van der Waals surface area contributed by atoms with Gasteiger partial charge in [0.25, 0.3) is 0 Å². The normalized spacial score (nSPS) is 21.9. The Kier molecular flexibility index (Phi) is 15.4. The van der Waals surface area contributed by atoms with Crippen LogP contribution in [-0.4, -0.2) is 118 Å². The van der Waals surface area contributed by atoms with Gasteiger partial charge in [-0.3, -0.25) is 24.1 Å². The van der Waals surface area contributed by atoms with Crippen molar-refractivity contribution in [1.29, 1.82) is 0 Å². The number of amides is 4. The molecule has 258 valence electrons. The largest absolute Gasteiger partial charge is 0.394 e. The van der Waals surface area contributed by atoms with E-state index in [2.05, 4.69) is 29.4 Å². The standard InChI is InChI=1S/C34H61N5O5S/c1-22(2)28(20-24(5)32(43)39-18-13-15-27(39)30(41)35-25(21-40)16-19-45-10)37(9)33(44)29(34(6,7)8)36-31(42)26-14-11-12-17-38(26)23(3)4/h20,22-23,25-29,40H,11-19,21H2,1-10H3,(H,35,41)(H,36,42)/b24-20+/t25?,26?,27?,28-,29?/m1/s1. The molecule has 2 heterocycles. The van der Waals surface area contributed by atoms with Crippen LogP contribution < -0.4 is 10.6 Å². The third kappa shape index (κ3) is 10.7. The summed E-state index contributed by atoms with van der Waals surface area (Å²) in [6.45, 7) is 17.0. The zero-order valence-corrected chi connectivity index (χ0v) is 30.3. The maximum Gasteiger partial charge on any atom is 0.249 e. The third-order valence-electron chi connectivity index (χ3n) is 9.20. The molecule has 4 amide bonds. The minimum atomic E-state index is -0.742. The second kappa shape index (κ2) is 17.7. The van der Waals surface area contributed by atoms with Gasteiger partial charge in [0.1, 0.15) is 12.1 Å². The highest BCUT2D eigenvalue weighted by molar-refractivity contribution is 7.98. The van der Waals surface area contributed by atoms with Crippen LogP contribution >= 0.6 is 11.8 Å². The van der Waals surface area contributed by atoms with Crippen molar-refractivity contribution in [3.8, 4) is 0 Å². The van der Waals surface area contributed by atoms with E-state index in [9.17, 15) is 24.3 Å². The monoisotopic (exact) mass is 651 g/mol. The van der Waals surface area contributed by atoms with E-state index in [-0.39, 0.29) is 54.3 Å². The van der Waals surface area contributed by atoms with E-state index in [1.807, 2.05) is 47.0 Å². The van der Waals surface area contributed by atoms with Crippen molar-refractivity contribution < 1.29 is 24.3 Å². The molecule has 0 aromatic rings. The van der Waals surface area contributed by atoms with Gasteiger partial charge in [0.2, 0.25) is 23.6 Å². The van der Waals surface area contributed by atoms with Crippen LogP contribution in [0.1, 0.15) is 93.9 Å². The lowest BCUT2D eigenvalue weighted by atomic mass is 9.84. The maximum absolute atomic E-state index is 14.1. The molecule has 11 heteroatoms. The highest BCUT2D eigenvalue weighted by Crippen LogP contribution is 2.27. The van der Waals surface area contributed by atoms with E-state index < -0.39 is 23.5 Å². The summed E-state index contributed by atoms with van der Waals surface area (Å²) >= 11 is 1.65. The molecule has 0 aliphatic carbocycles. The fraction of sp³-hybridized carbons (Fsp3) is 0.824. The van der Waals surface area contributed by atoms with Gasteiger partial charge in [0, 0.05) is 25.2 Å². The van der Waals surface area contributed by atoms with Gasteiger partial charge >= 0.3 is 0 Å². The number of hydrogen-bond acceptors (Lipinski definition) is 7. The number of aliphatic hydroxyl groups excluding tert-OH is 1. The summed E-state index contributed by atoms with van der Waals surface area (Å²) < 4.78 is 0. The summed E-state index contributed by atoms with van der Waals surface area (Å²) in [5, 5.41) is 15.8. The third-order valence-corrected chi connectivity index (χ3v) is 9.84. The molecular weight excluding hydrogens is 590 g/mol. The number of nitrogens with one attached hydrogen (secondary N) is 2. The van der Waals surface area contributed by atoms with Gasteiger partial charge in [0.15, 0.2) is 0 Å². The smallest absolute Gasteiger partial charge is 0.249 e. The minimum absolute atomic E-state index is 0.00721. The lowest BCUT2D eigenvalue weighted by Crippen LogP contribution is -2.60. The van der Waals surface area contributed by atoms with Gasteiger partial charge in [0.05, 0.1) is 24.7 Å². The van der Waals surface area contributed by atoms with E-state index in [1.54, 1.807) is 35.5 Å². The molecule has 2 saturated heterocycles. The number of piperidine rings is 1. The molecule has 2 aliphatic rings. The molecule has 0 aromatic heterocycles. The average molecular weight is 652 g/mol. The van der Waals surface area contributed by atoms with E-state index in [0.717, 1.165) is 38.0 Å². The van der Waals surface area contributed by atoms with Gasteiger partial charge in [-0.15, -0.1) is 0 Å². The summed E-state index contributed by atoms with van der Waals surface area (Å²) in [7, 11) is 1.74. The first kappa shape index (κ1) is 39.1. The summed E-state index contributed by atoms with van der Waals surface area (Å²) in [5.41, 5.74) is -0.0624. The Labute approximate surface area is 276 Å². The lowest BCUT2D eigenvalue weighted by Gasteiger charge is -2.41. The first-order valence-corrected chi connectivity index (χ1v) is 18.2. The molecule has 2 aliphatic heterocycles. The molecule has 0 saturated carbocycles. The molecule has 4 unspecified atom stereocenters. The van der Waals surface area contributed by atoms with E-state index in [1.165, 1.54) is 0 Å². The maximum atomic E-state index is 14.1. The Morgan fingerprint density at radius 3 is 2.16 bits per heavy atom. The van der Waals surface area contributed by atoms with Crippen molar-refractivity contribution in [2.75, 3.05) is 38.8 Å². The Morgan fingerprint density at radius 2 is 1.60 bits per heavy atom. The molecule has 3 N–H and O–H groups in total. The zero-order chi connectivity index (χ0) is 34.1.